The number of nitrogens with two attached hydrogens (primary N) is 1. The Morgan fingerprint density at radius 1 is 1.62 bits per heavy atom. The second-order valence-corrected chi connectivity index (χ2v) is 4.45. The van der Waals surface area contributed by atoms with Crippen molar-refractivity contribution in [3.63, 3.8) is 0 Å². The minimum Gasteiger partial charge on any atom is -0.394 e. The third kappa shape index (κ3) is 2.52. The van der Waals surface area contributed by atoms with E-state index in [0.29, 0.717) is 10.8 Å². The molecule has 0 fully saturated rings. The van der Waals surface area contributed by atoms with Crippen LogP contribution in [0.4, 0.5) is 11.8 Å². The van der Waals surface area contributed by atoms with Crippen molar-refractivity contribution in [2.45, 2.75) is 19.4 Å². The smallest absolute Gasteiger partial charge is 0.239 e. The van der Waals surface area contributed by atoms with Gasteiger partial charge in [0.15, 0.2) is 5.82 Å². The number of likely N-dealkylation sites (N-methyl/N-ethyl adjacent to an activating group) is 1. The highest BCUT2D eigenvalue weighted by molar-refractivity contribution is 6.32. The number of anilines is 2. The molecule has 0 bridgehead atoms. The Kier molecular flexibility index (Phi) is 3.90. The van der Waals surface area contributed by atoms with Gasteiger partial charge in [-0.15, -0.1) is 0 Å². The minimum absolute atomic E-state index is 0.0186. The lowest BCUT2D eigenvalue weighted by atomic mass is 10.1. The number of rotatable bonds is 4. The topological polar surface area (TPSA) is 87.3 Å². The van der Waals surface area contributed by atoms with Crippen molar-refractivity contribution >= 4 is 23.4 Å². The highest BCUT2D eigenvalue weighted by Crippen LogP contribution is 2.27. The summed E-state index contributed by atoms with van der Waals surface area (Å²) in [6, 6.07) is 0. The van der Waals surface area contributed by atoms with E-state index in [0.717, 1.165) is 0 Å². The van der Waals surface area contributed by atoms with Crippen LogP contribution < -0.4 is 16.2 Å². The fourth-order valence-corrected chi connectivity index (χ4v) is 1.27. The SMILES string of the molecule is CN(c1nc(NN)ncc1Cl)C(C)(C)CO. The number of aliphatic hydroxyl groups is 1. The zero-order chi connectivity index (χ0) is 12.3. The molecular weight excluding hydrogens is 230 g/mol. The molecule has 1 rings (SSSR count). The number of halogens is 1. The van der Waals surface area contributed by atoms with Crippen LogP contribution >= 0.6 is 11.6 Å². The zero-order valence-electron chi connectivity index (χ0n) is 9.53. The number of aliphatic hydroxyl groups excluding tert-OH is 1. The molecule has 0 aliphatic heterocycles. The second-order valence-electron chi connectivity index (χ2n) is 4.04. The first-order valence-corrected chi connectivity index (χ1v) is 5.14. The summed E-state index contributed by atoms with van der Waals surface area (Å²) >= 11 is 5.99. The summed E-state index contributed by atoms with van der Waals surface area (Å²) in [6.45, 7) is 3.73. The number of nitrogens with zero attached hydrogens (tertiary/aromatic N) is 3. The van der Waals surface area contributed by atoms with Crippen molar-refractivity contribution in [1.82, 2.24) is 9.97 Å². The van der Waals surface area contributed by atoms with Crippen molar-refractivity contribution < 1.29 is 5.11 Å². The quantitative estimate of drug-likeness (QED) is 0.533. The van der Waals surface area contributed by atoms with E-state index in [1.165, 1.54) is 6.20 Å². The third-order valence-electron chi connectivity index (χ3n) is 2.47. The van der Waals surface area contributed by atoms with Crippen molar-refractivity contribution in [2.75, 3.05) is 24.0 Å². The number of nitrogens with one attached hydrogen (secondary N) is 1. The van der Waals surface area contributed by atoms with E-state index in [4.69, 9.17) is 17.4 Å². The largest absolute Gasteiger partial charge is 0.394 e. The van der Waals surface area contributed by atoms with Crippen LogP contribution in [0.2, 0.25) is 5.02 Å². The van der Waals surface area contributed by atoms with Crippen LogP contribution in [0.15, 0.2) is 6.20 Å². The minimum atomic E-state index is -0.468. The van der Waals surface area contributed by atoms with Crippen LogP contribution in [0.1, 0.15) is 13.8 Å². The summed E-state index contributed by atoms with van der Waals surface area (Å²) in [5.41, 5.74) is 1.88. The van der Waals surface area contributed by atoms with Crippen LogP contribution in [-0.4, -0.2) is 34.3 Å². The molecule has 0 unspecified atom stereocenters. The van der Waals surface area contributed by atoms with Gasteiger partial charge in [0.05, 0.1) is 18.3 Å². The Morgan fingerprint density at radius 3 is 2.75 bits per heavy atom. The van der Waals surface area contributed by atoms with Crippen molar-refractivity contribution in [3.8, 4) is 0 Å². The molecule has 16 heavy (non-hydrogen) atoms. The van der Waals surface area contributed by atoms with Crippen LogP contribution in [0.25, 0.3) is 0 Å². The molecule has 7 heteroatoms. The lowest BCUT2D eigenvalue weighted by Crippen LogP contribution is -2.45. The normalized spacial score (nSPS) is 11.4. The van der Waals surface area contributed by atoms with Gasteiger partial charge in [-0.25, -0.2) is 10.8 Å². The number of hydrogen-bond acceptors (Lipinski definition) is 6. The highest BCUT2D eigenvalue weighted by Gasteiger charge is 2.25. The average Bonchev–Trinajstić information content (AvgIpc) is 2.29. The number of hydrogen-bond donors (Lipinski definition) is 3. The molecule has 0 amide bonds. The first kappa shape index (κ1) is 13.0. The molecule has 0 aliphatic carbocycles. The van der Waals surface area contributed by atoms with E-state index in [2.05, 4.69) is 15.4 Å². The van der Waals surface area contributed by atoms with Crippen LogP contribution in [0, 0.1) is 0 Å². The van der Waals surface area contributed by atoms with Gasteiger partial charge in [-0.2, -0.15) is 4.98 Å². The molecule has 1 aromatic rings. The maximum atomic E-state index is 9.27. The molecule has 4 N–H and O–H groups in total. The van der Waals surface area contributed by atoms with Crippen LogP contribution in [0.3, 0.4) is 0 Å². The molecule has 0 aliphatic rings. The van der Waals surface area contributed by atoms with Gasteiger partial charge in [0.1, 0.15) is 5.02 Å². The van der Waals surface area contributed by atoms with Crippen molar-refractivity contribution in [2.24, 2.45) is 5.84 Å². The van der Waals surface area contributed by atoms with Gasteiger partial charge in [-0.3, -0.25) is 5.43 Å². The van der Waals surface area contributed by atoms with E-state index in [9.17, 15) is 5.11 Å². The fourth-order valence-electron chi connectivity index (χ4n) is 1.06. The van der Waals surface area contributed by atoms with Gasteiger partial charge in [0.2, 0.25) is 5.95 Å². The number of aromatic nitrogens is 2. The molecule has 0 atom stereocenters. The van der Waals surface area contributed by atoms with Gasteiger partial charge >= 0.3 is 0 Å². The summed E-state index contributed by atoms with van der Waals surface area (Å²) in [5, 5.41) is 9.68. The van der Waals surface area contributed by atoms with Gasteiger partial charge in [-0.05, 0) is 13.8 Å². The fraction of sp³-hybridized carbons (Fsp3) is 0.556. The highest BCUT2D eigenvalue weighted by atomic mass is 35.5. The maximum absolute atomic E-state index is 9.27. The summed E-state index contributed by atoms with van der Waals surface area (Å²) in [4.78, 5) is 9.80. The molecule has 0 saturated carbocycles. The standard InChI is InChI=1S/C9H16ClN5O/c1-9(2,5-16)15(3)7-6(10)4-12-8(13-7)14-11/h4,16H,5,11H2,1-3H3,(H,12,13,14). The lowest BCUT2D eigenvalue weighted by molar-refractivity contribution is 0.215. The van der Waals surface area contributed by atoms with Gasteiger partial charge in [0, 0.05) is 7.05 Å². The summed E-state index contributed by atoms with van der Waals surface area (Å²) in [6.07, 6.45) is 1.46. The van der Waals surface area contributed by atoms with E-state index in [1.807, 2.05) is 13.8 Å². The molecular formula is C9H16ClN5O. The summed E-state index contributed by atoms with van der Waals surface area (Å²) < 4.78 is 0. The Morgan fingerprint density at radius 2 is 2.25 bits per heavy atom. The zero-order valence-corrected chi connectivity index (χ0v) is 10.3. The van der Waals surface area contributed by atoms with E-state index < -0.39 is 5.54 Å². The Labute approximate surface area is 99.4 Å². The Bertz CT molecular complexity index is 371. The average molecular weight is 246 g/mol. The monoisotopic (exact) mass is 245 g/mol. The molecule has 0 aromatic carbocycles. The van der Waals surface area contributed by atoms with Crippen LogP contribution in [-0.2, 0) is 0 Å². The molecule has 6 nitrogen and oxygen atoms in total. The predicted octanol–water partition coefficient (Wildman–Crippen LogP) is 0.623. The van der Waals surface area contributed by atoms with Crippen molar-refractivity contribution in [3.05, 3.63) is 11.2 Å². The summed E-state index contributed by atoms with van der Waals surface area (Å²) in [7, 11) is 1.80. The molecule has 0 spiro atoms. The first-order chi connectivity index (χ1) is 7.42. The first-order valence-electron chi connectivity index (χ1n) is 4.76. The molecule has 1 heterocycles. The lowest BCUT2D eigenvalue weighted by Gasteiger charge is -2.35. The summed E-state index contributed by atoms with van der Waals surface area (Å²) in [5.74, 6) is 6.02. The third-order valence-corrected chi connectivity index (χ3v) is 2.73. The molecule has 0 saturated heterocycles. The maximum Gasteiger partial charge on any atom is 0.239 e. The Hall–Kier alpha value is -1.11. The molecule has 90 valence electrons. The van der Waals surface area contributed by atoms with Crippen molar-refractivity contribution in [1.29, 1.82) is 0 Å². The predicted molar refractivity (Wildman–Crippen MR) is 64.4 cm³/mol. The number of hydrazine groups is 1. The van der Waals surface area contributed by atoms with E-state index in [-0.39, 0.29) is 12.6 Å². The number of nitrogen functional groups attached to an aromatic ring is 1. The van der Waals surface area contributed by atoms with E-state index >= 15 is 0 Å². The molecule has 1 aromatic heterocycles. The van der Waals surface area contributed by atoms with E-state index in [1.54, 1.807) is 11.9 Å². The Balaban J connectivity index is 3.11. The van der Waals surface area contributed by atoms with Gasteiger partial charge < -0.3 is 10.0 Å². The second kappa shape index (κ2) is 4.82. The van der Waals surface area contributed by atoms with Gasteiger partial charge in [-0.1, -0.05) is 11.6 Å². The van der Waals surface area contributed by atoms with Crippen LogP contribution in [0.5, 0.6) is 0 Å². The molecule has 0 radical (unpaired) electrons. The van der Waals surface area contributed by atoms with Gasteiger partial charge in [0.25, 0.3) is 0 Å².